The van der Waals surface area contributed by atoms with E-state index >= 15 is 0 Å². The summed E-state index contributed by atoms with van der Waals surface area (Å²) in [4.78, 5) is 45.6. The molecule has 1 unspecified atom stereocenters. The first kappa shape index (κ1) is 46.7. The van der Waals surface area contributed by atoms with E-state index in [4.69, 9.17) is 28.4 Å². The summed E-state index contributed by atoms with van der Waals surface area (Å²) in [5.74, 6) is -6.25. The molecule has 4 aliphatic heterocycles. The van der Waals surface area contributed by atoms with E-state index in [2.05, 4.69) is 5.32 Å². The van der Waals surface area contributed by atoms with Crippen molar-refractivity contribution in [2.24, 2.45) is 5.92 Å². The number of methoxy groups -OCH3 is 1. The highest BCUT2D eigenvalue weighted by Crippen LogP contribution is 2.44. The van der Waals surface area contributed by atoms with Gasteiger partial charge in [0.05, 0.1) is 55.9 Å². The van der Waals surface area contributed by atoms with Crippen LogP contribution in [-0.2, 0) is 33.3 Å². The second-order valence-electron chi connectivity index (χ2n) is 15.2. The number of benzene rings is 1. The number of fused-ring (bicyclic) bond motifs is 3. The number of aliphatic hydroxyl groups is 5. The number of hydrogen-bond acceptors (Lipinski definition) is 16. The molecule has 59 heavy (non-hydrogen) atoms. The Kier molecular flexibility index (Phi) is 16.9. The number of carbonyl (C=O) groups excluding carboxylic acids is 1. The van der Waals surface area contributed by atoms with Crippen LogP contribution in [-0.4, -0.2) is 139 Å². The van der Waals surface area contributed by atoms with Crippen LogP contribution in [0.15, 0.2) is 85.0 Å². The Bertz CT molecular complexity index is 1690. The molecule has 0 aromatic heterocycles. The number of carbonyl (C=O) groups is 2. The zero-order valence-corrected chi connectivity index (χ0v) is 33.9. The Balaban J connectivity index is 1.40. The zero-order valence-electron chi connectivity index (χ0n) is 33.0. The summed E-state index contributed by atoms with van der Waals surface area (Å²) in [6.45, 7) is 3.30. The van der Waals surface area contributed by atoms with Crippen molar-refractivity contribution < 1.29 is 78.4 Å². The minimum absolute atomic E-state index is 0.0400. The number of carboxylic acids is 1. The molecule has 0 spiro atoms. The zero-order chi connectivity index (χ0) is 42.9. The van der Waals surface area contributed by atoms with Gasteiger partial charge in [0, 0.05) is 38.2 Å². The lowest BCUT2D eigenvalue weighted by Crippen LogP contribution is -2.63. The highest BCUT2D eigenvalue weighted by molar-refractivity contribution is 7.45. The summed E-state index contributed by atoms with van der Waals surface area (Å²) < 4.78 is 34.4. The number of rotatable bonds is 8. The van der Waals surface area contributed by atoms with Gasteiger partial charge in [-0.1, -0.05) is 60.7 Å². The number of ether oxygens (including phenoxy) is 6. The molecule has 4 aliphatic rings. The van der Waals surface area contributed by atoms with Crippen molar-refractivity contribution in [2.45, 2.75) is 131 Å². The van der Waals surface area contributed by atoms with E-state index in [0.717, 1.165) is 0 Å². The van der Waals surface area contributed by atoms with Crippen LogP contribution in [0.5, 0.6) is 5.75 Å². The highest BCUT2D eigenvalue weighted by atomic mass is 31.2. The summed E-state index contributed by atoms with van der Waals surface area (Å²) >= 11 is 0. The molecule has 3 fully saturated rings. The number of allylic oxidation sites excluding steroid dienone is 6. The molecule has 0 radical (unpaired) electrons. The average Bonchev–Trinajstić information content (AvgIpc) is 3.91. The second kappa shape index (κ2) is 21.4. The van der Waals surface area contributed by atoms with Crippen LogP contribution < -0.4 is 10.1 Å². The summed E-state index contributed by atoms with van der Waals surface area (Å²) in [6.07, 6.45) is 3.60. The van der Waals surface area contributed by atoms with Crippen LogP contribution in [0.4, 0.5) is 0 Å². The average molecular weight is 850 g/mol. The molecule has 9 N–H and O–H groups in total. The maximum atomic E-state index is 12.5. The minimum atomic E-state index is -2.68. The van der Waals surface area contributed by atoms with Crippen LogP contribution >= 0.6 is 8.38 Å². The van der Waals surface area contributed by atoms with Crippen molar-refractivity contribution in [3.8, 4) is 5.75 Å². The first-order valence-electron chi connectivity index (χ1n) is 19.5. The molecule has 1 aromatic carbocycles. The highest BCUT2D eigenvalue weighted by Gasteiger charge is 2.52. The van der Waals surface area contributed by atoms with Crippen LogP contribution in [0.2, 0.25) is 0 Å². The van der Waals surface area contributed by atoms with E-state index in [-0.39, 0.29) is 12.8 Å². The smallest absolute Gasteiger partial charge is 0.330 e. The SMILES string of the molecule is COc1ccc(C(N[C@@H]2[C@H](O)[C@H](O[C@H]3/C=C/C=C/C=C/C=C/C[C@@H](C)OC(=O)/C=C/[C@H]4O[C@@H]4C[C@H](O)C[C@]4(O)C[C@H](O)[C@@H](C(=O)O)[C@H](C3)O4)O[C@H](C)[C@H]2O)P(O)O)cc1. The molecule has 4 heterocycles. The maximum absolute atomic E-state index is 12.5. The van der Waals surface area contributed by atoms with Gasteiger partial charge in [0.15, 0.2) is 20.5 Å². The van der Waals surface area contributed by atoms with Gasteiger partial charge >= 0.3 is 11.9 Å². The first-order chi connectivity index (χ1) is 28.1. The van der Waals surface area contributed by atoms with E-state index in [9.17, 15) is 50.0 Å². The van der Waals surface area contributed by atoms with Crippen molar-refractivity contribution in [2.75, 3.05) is 7.11 Å². The number of aliphatic carboxylic acids is 1. The molecule has 17 nitrogen and oxygen atoms in total. The lowest BCUT2D eigenvalue weighted by atomic mass is 9.83. The number of esters is 1. The van der Waals surface area contributed by atoms with Crippen molar-refractivity contribution in [1.82, 2.24) is 5.32 Å². The van der Waals surface area contributed by atoms with Crippen molar-refractivity contribution >= 4 is 20.3 Å². The largest absolute Gasteiger partial charge is 0.497 e. The Morgan fingerprint density at radius 2 is 1.61 bits per heavy atom. The summed E-state index contributed by atoms with van der Waals surface area (Å²) in [5, 5.41) is 69.6. The number of epoxide rings is 1. The van der Waals surface area contributed by atoms with E-state index in [1.54, 1.807) is 73.7 Å². The topological polar surface area (TPSA) is 267 Å². The third kappa shape index (κ3) is 13.3. The van der Waals surface area contributed by atoms with E-state index in [0.29, 0.717) is 17.7 Å². The van der Waals surface area contributed by atoms with Crippen molar-refractivity contribution in [3.05, 3.63) is 90.6 Å². The molecular weight excluding hydrogens is 793 g/mol. The van der Waals surface area contributed by atoms with Crippen LogP contribution in [0.1, 0.15) is 57.3 Å². The molecule has 18 heteroatoms. The molecule has 5 rings (SSSR count). The molecular formula is C41H56NO16P. The van der Waals surface area contributed by atoms with Gasteiger partial charge in [-0.2, -0.15) is 0 Å². The van der Waals surface area contributed by atoms with Gasteiger partial charge in [0.2, 0.25) is 0 Å². The minimum Gasteiger partial charge on any atom is -0.497 e. The summed E-state index contributed by atoms with van der Waals surface area (Å²) in [6, 6.07) is 5.25. The molecule has 0 amide bonds. The molecule has 326 valence electrons. The van der Waals surface area contributed by atoms with Gasteiger partial charge in [-0.3, -0.25) is 10.1 Å². The van der Waals surface area contributed by atoms with Crippen LogP contribution in [0.25, 0.3) is 0 Å². The standard InChI is InChI=1S/C41H56NO16P/c1-23-11-9-7-5-4-6-8-10-12-28(56-40-37(47)35(36(46)24(2)55-40)42-38(59(51)52)25-13-15-27(53-3)16-14-25)20-32-34(39(48)49)29(44)22-41(50,58-32)21-26(43)19-31-30(57-31)17-18-33(45)54-23/h4-10,12-18,23-24,26,28-32,34-38,40,42-44,46-47,50-52H,11,19-22H2,1-3H3,(H,48,49)/b5-4+,8-6+,9-7+,12-10+,18-17+/t23-,24-,26+,28+,29+,30-,31-,32+,34-,35+,36-,37+,38?,40+,41-/m1/s1. The Morgan fingerprint density at radius 1 is 0.915 bits per heavy atom. The molecule has 0 aliphatic carbocycles. The number of carboxylic acid groups (broad SMARTS) is 1. The van der Waals surface area contributed by atoms with Crippen LogP contribution in [0.3, 0.4) is 0 Å². The first-order valence-corrected chi connectivity index (χ1v) is 20.8. The fourth-order valence-corrected chi connectivity index (χ4v) is 8.18. The predicted octanol–water partition coefficient (Wildman–Crippen LogP) is 1.75. The van der Waals surface area contributed by atoms with Gasteiger partial charge in [-0.05, 0) is 37.6 Å². The van der Waals surface area contributed by atoms with E-state index < -0.39 is 124 Å². The molecule has 15 atom stereocenters. The summed E-state index contributed by atoms with van der Waals surface area (Å²) in [7, 11) is -1.19. The molecule has 0 saturated carbocycles. The van der Waals surface area contributed by atoms with E-state index in [1.165, 1.54) is 26.2 Å². The molecule has 2 bridgehead atoms. The Labute approximate surface area is 343 Å². The van der Waals surface area contributed by atoms with Crippen molar-refractivity contribution in [1.29, 1.82) is 0 Å². The lowest BCUT2D eigenvalue weighted by molar-refractivity contribution is -0.309. The van der Waals surface area contributed by atoms with Gasteiger partial charge in [0.25, 0.3) is 0 Å². The van der Waals surface area contributed by atoms with Crippen LogP contribution in [0, 0.1) is 5.92 Å². The van der Waals surface area contributed by atoms with Gasteiger partial charge in [-0.15, -0.1) is 0 Å². The number of nitrogens with one attached hydrogen (secondary N) is 1. The third-order valence-electron chi connectivity index (χ3n) is 10.5. The van der Waals surface area contributed by atoms with Crippen molar-refractivity contribution in [3.63, 3.8) is 0 Å². The fourth-order valence-electron chi connectivity index (χ4n) is 7.43. The quantitative estimate of drug-likeness (QED) is 0.102. The number of hydrogen-bond donors (Lipinski definition) is 9. The lowest BCUT2D eigenvalue weighted by Gasteiger charge is -2.46. The summed E-state index contributed by atoms with van der Waals surface area (Å²) in [5.41, 5.74) is 0.441. The second-order valence-corrected chi connectivity index (χ2v) is 16.3. The fraction of sp³-hybridized carbons (Fsp3) is 0.561. The van der Waals surface area contributed by atoms with Gasteiger partial charge in [0.1, 0.15) is 35.8 Å². The number of aliphatic hydroxyl groups excluding tert-OH is 4. The van der Waals surface area contributed by atoms with Gasteiger partial charge < -0.3 is 68.8 Å². The third-order valence-corrected chi connectivity index (χ3v) is 11.4. The number of cyclic esters (lactones) is 1. The molecule has 1 aromatic rings. The maximum Gasteiger partial charge on any atom is 0.330 e. The van der Waals surface area contributed by atoms with E-state index in [1.807, 2.05) is 6.08 Å². The predicted molar refractivity (Wildman–Crippen MR) is 211 cm³/mol. The Hall–Kier alpha value is -3.39. The normalized spacial score (nSPS) is 40.6. The monoisotopic (exact) mass is 849 g/mol. The van der Waals surface area contributed by atoms with Gasteiger partial charge in [-0.25, -0.2) is 4.79 Å². The molecule has 3 saturated heterocycles. The Morgan fingerprint density at radius 3 is 2.29 bits per heavy atom.